The molecule has 1 aromatic carbocycles. The highest BCUT2D eigenvalue weighted by atomic mass is 35.5. The average molecular weight is 264 g/mol. The van der Waals surface area contributed by atoms with Crippen molar-refractivity contribution in [1.82, 2.24) is 0 Å². The van der Waals surface area contributed by atoms with Gasteiger partial charge in [-0.15, -0.1) is 12.4 Å². The van der Waals surface area contributed by atoms with Gasteiger partial charge in [0.2, 0.25) is 0 Å². The fourth-order valence-electron chi connectivity index (χ4n) is 1.41. The standard InChI is InChI=1S/C12H18ClNO.ClH/c1-12(2,3)11(14)9-7-8(13)5-6-10(9)15-4;/h5-7,11H,14H2,1-4H3;1H/t11-;/m1./s1. The van der Waals surface area contributed by atoms with Gasteiger partial charge in [0.15, 0.2) is 0 Å². The van der Waals surface area contributed by atoms with E-state index in [0.717, 1.165) is 11.3 Å². The molecule has 0 heterocycles. The van der Waals surface area contributed by atoms with E-state index in [4.69, 9.17) is 22.1 Å². The Morgan fingerprint density at radius 1 is 1.31 bits per heavy atom. The minimum Gasteiger partial charge on any atom is -0.496 e. The van der Waals surface area contributed by atoms with Crippen molar-refractivity contribution in [2.45, 2.75) is 26.8 Å². The third kappa shape index (κ3) is 3.55. The maximum Gasteiger partial charge on any atom is 0.123 e. The van der Waals surface area contributed by atoms with Gasteiger partial charge in [-0.1, -0.05) is 32.4 Å². The highest BCUT2D eigenvalue weighted by Gasteiger charge is 2.25. The van der Waals surface area contributed by atoms with Crippen molar-refractivity contribution in [3.63, 3.8) is 0 Å². The van der Waals surface area contributed by atoms with Crippen LogP contribution in [0.4, 0.5) is 0 Å². The number of rotatable bonds is 2. The zero-order valence-corrected chi connectivity index (χ0v) is 11.7. The van der Waals surface area contributed by atoms with Crippen molar-refractivity contribution in [2.75, 3.05) is 7.11 Å². The Bertz CT molecular complexity index is 347. The lowest BCUT2D eigenvalue weighted by molar-refractivity contribution is 0.314. The predicted molar refractivity (Wildman–Crippen MR) is 71.6 cm³/mol. The molecular weight excluding hydrogens is 245 g/mol. The molecule has 1 rings (SSSR count). The highest BCUT2D eigenvalue weighted by molar-refractivity contribution is 6.30. The van der Waals surface area contributed by atoms with Crippen LogP contribution in [0, 0.1) is 5.41 Å². The molecule has 0 aromatic heterocycles. The molecule has 2 N–H and O–H groups in total. The minimum absolute atomic E-state index is 0. The summed E-state index contributed by atoms with van der Waals surface area (Å²) in [6, 6.07) is 5.44. The normalized spacial score (nSPS) is 12.9. The van der Waals surface area contributed by atoms with Crippen LogP contribution in [0.15, 0.2) is 18.2 Å². The molecule has 16 heavy (non-hydrogen) atoms. The van der Waals surface area contributed by atoms with E-state index >= 15 is 0 Å². The minimum atomic E-state index is -0.0915. The van der Waals surface area contributed by atoms with Crippen LogP contribution < -0.4 is 10.5 Å². The second kappa shape index (κ2) is 5.76. The van der Waals surface area contributed by atoms with E-state index in [9.17, 15) is 0 Å². The maximum atomic E-state index is 6.18. The Morgan fingerprint density at radius 2 is 1.88 bits per heavy atom. The van der Waals surface area contributed by atoms with Gasteiger partial charge in [-0.2, -0.15) is 0 Å². The van der Waals surface area contributed by atoms with Crippen molar-refractivity contribution < 1.29 is 4.74 Å². The molecule has 0 saturated heterocycles. The molecule has 0 spiro atoms. The number of benzene rings is 1. The molecule has 2 nitrogen and oxygen atoms in total. The summed E-state index contributed by atoms with van der Waals surface area (Å²) in [5.74, 6) is 0.793. The largest absolute Gasteiger partial charge is 0.496 e. The molecular formula is C12H19Cl2NO. The van der Waals surface area contributed by atoms with E-state index in [1.54, 1.807) is 13.2 Å². The molecule has 0 aliphatic rings. The first kappa shape index (κ1) is 15.6. The van der Waals surface area contributed by atoms with Gasteiger partial charge < -0.3 is 10.5 Å². The second-order valence-corrected chi connectivity index (χ2v) is 5.17. The van der Waals surface area contributed by atoms with E-state index in [0.29, 0.717) is 5.02 Å². The van der Waals surface area contributed by atoms with E-state index < -0.39 is 0 Å². The van der Waals surface area contributed by atoms with Gasteiger partial charge in [-0.3, -0.25) is 0 Å². The van der Waals surface area contributed by atoms with Gasteiger partial charge in [0, 0.05) is 16.6 Å². The predicted octanol–water partition coefficient (Wildman–Crippen LogP) is 3.82. The van der Waals surface area contributed by atoms with Crippen LogP contribution >= 0.6 is 24.0 Å². The molecule has 0 radical (unpaired) electrons. The Hall–Kier alpha value is -0.440. The first-order chi connectivity index (χ1) is 6.86. The van der Waals surface area contributed by atoms with Crippen LogP contribution in [0.5, 0.6) is 5.75 Å². The Labute approximate surface area is 109 Å². The number of halogens is 2. The van der Waals surface area contributed by atoms with E-state index in [1.807, 2.05) is 12.1 Å². The quantitative estimate of drug-likeness (QED) is 0.881. The molecule has 0 fully saturated rings. The Morgan fingerprint density at radius 3 is 2.31 bits per heavy atom. The lowest BCUT2D eigenvalue weighted by Gasteiger charge is -2.28. The van der Waals surface area contributed by atoms with E-state index in [1.165, 1.54) is 0 Å². The average Bonchev–Trinajstić information content (AvgIpc) is 2.15. The van der Waals surface area contributed by atoms with Gasteiger partial charge in [0.25, 0.3) is 0 Å². The van der Waals surface area contributed by atoms with Gasteiger partial charge in [-0.05, 0) is 23.6 Å². The summed E-state index contributed by atoms with van der Waals surface area (Å²) in [6.07, 6.45) is 0. The van der Waals surface area contributed by atoms with Crippen molar-refractivity contribution >= 4 is 24.0 Å². The maximum absolute atomic E-state index is 6.18. The van der Waals surface area contributed by atoms with Crippen molar-refractivity contribution in [3.05, 3.63) is 28.8 Å². The zero-order chi connectivity index (χ0) is 11.6. The van der Waals surface area contributed by atoms with Crippen LogP contribution in [0.3, 0.4) is 0 Å². The summed E-state index contributed by atoms with van der Waals surface area (Å²) in [7, 11) is 1.64. The van der Waals surface area contributed by atoms with Gasteiger partial charge >= 0.3 is 0 Å². The smallest absolute Gasteiger partial charge is 0.123 e. The third-order valence-corrected chi connectivity index (χ3v) is 2.69. The summed E-state index contributed by atoms with van der Waals surface area (Å²) in [6.45, 7) is 6.29. The summed E-state index contributed by atoms with van der Waals surface area (Å²) in [5.41, 5.74) is 7.12. The SMILES string of the molecule is COc1ccc(Cl)cc1[C@@H](N)C(C)(C)C.Cl. The van der Waals surface area contributed by atoms with Crippen molar-refractivity contribution in [2.24, 2.45) is 11.1 Å². The summed E-state index contributed by atoms with van der Waals surface area (Å²) >= 11 is 5.96. The molecule has 0 aliphatic heterocycles. The number of methoxy groups -OCH3 is 1. The third-order valence-electron chi connectivity index (χ3n) is 2.46. The van der Waals surface area contributed by atoms with Crippen LogP contribution in [0.25, 0.3) is 0 Å². The molecule has 1 aromatic rings. The number of ether oxygens (including phenoxy) is 1. The Balaban J connectivity index is 0.00000225. The highest BCUT2D eigenvalue weighted by Crippen LogP contribution is 2.36. The lowest BCUT2D eigenvalue weighted by Crippen LogP contribution is -2.26. The summed E-state index contributed by atoms with van der Waals surface area (Å²) in [5, 5.41) is 0.686. The number of hydrogen-bond acceptors (Lipinski definition) is 2. The second-order valence-electron chi connectivity index (χ2n) is 4.73. The molecule has 0 amide bonds. The molecule has 1 atom stereocenters. The Kier molecular flexibility index (Phi) is 5.60. The first-order valence-electron chi connectivity index (χ1n) is 4.95. The van der Waals surface area contributed by atoms with E-state index in [-0.39, 0.29) is 23.9 Å². The number of hydrogen-bond donors (Lipinski definition) is 1. The fraction of sp³-hybridized carbons (Fsp3) is 0.500. The monoisotopic (exact) mass is 263 g/mol. The van der Waals surface area contributed by atoms with Gasteiger partial charge in [0.05, 0.1) is 7.11 Å². The van der Waals surface area contributed by atoms with E-state index in [2.05, 4.69) is 20.8 Å². The van der Waals surface area contributed by atoms with Gasteiger partial charge in [0.1, 0.15) is 5.75 Å². The van der Waals surface area contributed by atoms with Crippen molar-refractivity contribution in [3.8, 4) is 5.75 Å². The topological polar surface area (TPSA) is 35.2 Å². The van der Waals surface area contributed by atoms with Crippen LogP contribution in [-0.4, -0.2) is 7.11 Å². The first-order valence-corrected chi connectivity index (χ1v) is 5.33. The number of nitrogens with two attached hydrogens (primary N) is 1. The van der Waals surface area contributed by atoms with Gasteiger partial charge in [-0.25, -0.2) is 0 Å². The molecule has 0 aliphatic carbocycles. The van der Waals surface area contributed by atoms with Crippen LogP contribution in [0.2, 0.25) is 5.02 Å². The van der Waals surface area contributed by atoms with Crippen molar-refractivity contribution in [1.29, 1.82) is 0 Å². The summed E-state index contributed by atoms with van der Waals surface area (Å²) in [4.78, 5) is 0. The zero-order valence-electron chi connectivity index (χ0n) is 10.1. The molecule has 0 unspecified atom stereocenters. The molecule has 4 heteroatoms. The fourth-order valence-corrected chi connectivity index (χ4v) is 1.60. The summed E-state index contributed by atoms with van der Waals surface area (Å²) < 4.78 is 5.28. The molecule has 0 bridgehead atoms. The molecule has 92 valence electrons. The molecule has 0 saturated carbocycles. The van der Waals surface area contributed by atoms with Crippen LogP contribution in [0.1, 0.15) is 32.4 Å². The van der Waals surface area contributed by atoms with Crippen LogP contribution in [-0.2, 0) is 0 Å². The lowest BCUT2D eigenvalue weighted by atomic mass is 9.83.